The van der Waals surface area contributed by atoms with Crippen LogP contribution in [0.15, 0.2) is 77.6 Å². The van der Waals surface area contributed by atoms with Crippen molar-refractivity contribution in [2.45, 2.75) is 37.9 Å². The van der Waals surface area contributed by atoms with E-state index in [1.165, 1.54) is 12.1 Å². The summed E-state index contributed by atoms with van der Waals surface area (Å²) in [7, 11) is 0. The standard InChI is InChI=1S/C31H34N2O7/c1-20-8-3-4-11-25(20)31(39,30(37)38)21-9-7-10-22(18-21)40-17-6-2-5-16-32-19-27(35)23-12-14-26(34)29-24(23)13-15-28(36)33-29/h3-4,7-15,18,27,32,34-35,39H,2,5-6,16-17,19H2,1H3,(H,33,36)(H,37,38). The number of aliphatic carboxylic acids is 1. The van der Waals surface area contributed by atoms with E-state index >= 15 is 0 Å². The minimum Gasteiger partial charge on any atom is -0.506 e. The fourth-order valence-corrected chi connectivity index (χ4v) is 4.80. The molecule has 40 heavy (non-hydrogen) atoms. The van der Waals surface area contributed by atoms with E-state index in [0.717, 1.165) is 19.3 Å². The molecule has 9 nitrogen and oxygen atoms in total. The molecule has 0 bridgehead atoms. The Morgan fingerprint density at radius 2 is 1.82 bits per heavy atom. The van der Waals surface area contributed by atoms with E-state index in [-0.39, 0.29) is 16.9 Å². The van der Waals surface area contributed by atoms with Gasteiger partial charge in [-0.3, -0.25) is 4.79 Å². The van der Waals surface area contributed by atoms with Crippen molar-refractivity contribution in [3.63, 3.8) is 0 Å². The minimum atomic E-state index is -2.19. The molecule has 0 aliphatic heterocycles. The van der Waals surface area contributed by atoms with Crippen molar-refractivity contribution in [2.24, 2.45) is 0 Å². The molecule has 2 unspecified atom stereocenters. The SMILES string of the molecule is Cc1ccccc1C(O)(C(=O)O)c1cccc(OCCCCCNCC(O)c2ccc(O)c3[nH]c(=O)ccc23)c1. The predicted octanol–water partition coefficient (Wildman–Crippen LogP) is 3.73. The molecule has 0 spiro atoms. The summed E-state index contributed by atoms with van der Waals surface area (Å²) < 4.78 is 5.84. The molecular formula is C31H34N2O7. The number of fused-ring (bicyclic) bond motifs is 1. The van der Waals surface area contributed by atoms with Crippen LogP contribution in [0.4, 0.5) is 0 Å². The number of rotatable bonds is 13. The number of hydrogen-bond donors (Lipinski definition) is 6. The summed E-state index contributed by atoms with van der Waals surface area (Å²) in [6.45, 7) is 3.19. The van der Waals surface area contributed by atoms with E-state index in [1.54, 1.807) is 67.6 Å². The van der Waals surface area contributed by atoms with Crippen LogP contribution in [0.3, 0.4) is 0 Å². The first kappa shape index (κ1) is 28.8. The van der Waals surface area contributed by atoms with Crippen molar-refractivity contribution < 1.29 is 30.0 Å². The molecule has 0 radical (unpaired) electrons. The lowest BCUT2D eigenvalue weighted by atomic mass is 9.84. The summed E-state index contributed by atoms with van der Waals surface area (Å²) in [4.78, 5) is 26.3. The number of ether oxygens (including phenoxy) is 1. The quantitative estimate of drug-likeness (QED) is 0.139. The lowest BCUT2D eigenvalue weighted by Crippen LogP contribution is -2.37. The van der Waals surface area contributed by atoms with E-state index in [2.05, 4.69) is 10.3 Å². The number of aliphatic hydroxyl groups excluding tert-OH is 1. The van der Waals surface area contributed by atoms with E-state index in [9.17, 15) is 30.0 Å². The molecule has 4 rings (SSSR count). The molecule has 210 valence electrons. The van der Waals surface area contributed by atoms with Crippen LogP contribution in [-0.4, -0.2) is 51.1 Å². The summed E-state index contributed by atoms with van der Waals surface area (Å²) in [6.07, 6.45) is 1.68. The van der Waals surface area contributed by atoms with Crippen LogP contribution in [0, 0.1) is 6.92 Å². The number of aryl methyl sites for hydroxylation is 1. The first-order valence-electron chi connectivity index (χ1n) is 13.2. The highest BCUT2D eigenvalue weighted by Crippen LogP contribution is 2.34. The van der Waals surface area contributed by atoms with Gasteiger partial charge in [-0.1, -0.05) is 42.5 Å². The Labute approximate surface area is 231 Å². The Balaban J connectivity index is 1.23. The van der Waals surface area contributed by atoms with Crippen molar-refractivity contribution in [3.8, 4) is 11.5 Å². The molecule has 4 aromatic rings. The topological polar surface area (TPSA) is 152 Å². The van der Waals surface area contributed by atoms with Gasteiger partial charge in [0.1, 0.15) is 11.5 Å². The minimum absolute atomic E-state index is 0.0468. The van der Waals surface area contributed by atoms with E-state index < -0.39 is 17.7 Å². The predicted molar refractivity (Wildman–Crippen MR) is 152 cm³/mol. The third-order valence-electron chi connectivity index (χ3n) is 6.97. The molecule has 0 fully saturated rings. The van der Waals surface area contributed by atoms with Gasteiger partial charge in [-0.25, -0.2) is 4.79 Å². The fraction of sp³-hybridized carbons (Fsp3) is 0.290. The Hall–Kier alpha value is -4.18. The largest absolute Gasteiger partial charge is 0.506 e. The Kier molecular flexibility index (Phi) is 9.21. The second-order valence-electron chi connectivity index (χ2n) is 9.77. The second-order valence-corrected chi connectivity index (χ2v) is 9.77. The normalized spacial score (nSPS) is 13.6. The number of benzene rings is 3. The van der Waals surface area contributed by atoms with Gasteiger partial charge in [0, 0.05) is 29.1 Å². The summed E-state index contributed by atoms with van der Waals surface area (Å²) in [5.74, 6) is -0.922. The van der Waals surface area contributed by atoms with E-state index in [0.29, 0.717) is 53.0 Å². The van der Waals surface area contributed by atoms with Crippen LogP contribution in [0.1, 0.15) is 47.6 Å². The van der Waals surface area contributed by atoms with Crippen LogP contribution in [-0.2, 0) is 10.4 Å². The molecule has 3 aromatic carbocycles. The molecular weight excluding hydrogens is 512 g/mol. The number of nitrogens with one attached hydrogen (secondary N) is 2. The van der Waals surface area contributed by atoms with Crippen LogP contribution < -0.4 is 15.6 Å². The van der Waals surface area contributed by atoms with Crippen molar-refractivity contribution in [1.29, 1.82) is 0 Å². The second kappa shape index (κ2) is 12.8. The molecule has 0 aliphatic rings. The van der Waals surface area contributed by atoms with Crippen LogP contribution in [0.25, 0.3) is 10.9 Å². The number of hydrogen-bond acceptors (Lipinski definition) is 7. The summed E-state index contributed by atoms with van der Waals surface area (Å²) in [5.41, 5.74) is -0.388. The third-order valence-corrected chi connectivity index (χ3v) is 6.97. The highest BCUT2D eigenvalue weighted by atomic mass is 16.5. The van der Waals surface area contributed by atoms with Crippen molar-refractivity contribution in [1.82, 2.24) is 10.3 Å². The van der Waals surface area contributed by atoms with Gasteiger partial charge in [0.15, 0.2) is 0 Å². The number of H-pyrrole nitrogens is 1. The van der Waals surface area contributed by atoms with Crippen molar-refractivity contribution in [3.05, 3.63) is 105 Å². The monoisotopic (exact) mass is 546 g/mol. The molecule has 0 amide bonds. The fourth-order valence-electron chi connectivity index (χ4n) is 4.80. The number of carboxylic acid groups (broad SMARTS) is 1. The number of carboxylic acids is 1. The highest BCUT2D eigenvalue weighted by Gasteiger charge is 2.41. The number of aromatic amines is 1. The van der Waals surface area contributed by atoms with Crippen molar-refractivity contribution in [2.75, 3.05) is 19.7 Å². The average molecular weight is 547 g/mol. The molecule has 2 atom stereocenters. The summed E-state index contributed by atoms with van der Waals surface area (Å²) in [6, 6.07) is 19.5. The Morgan fingerprint density at radius 3 is 2.60 bits per heavy atom. The maximum Gasteiger partial charge on any atom is 0.345 e. The number of phenolic OH excluding ortho intramolecular Hbond substituents is 1. The number of pyridine rings is 1. The molecule has 1 aromatic heterocycles. The molecule has 0 saturated carbocycles. The van der Waals surface area contributed by atoms with Gasteiger partial charge < -0.3 is 35.5 Å². The zero-order chi connectivity index (χ0) is 28.7. The van der Waals surface area contributed by atoms with Gasteiger partial charge in [0.2, 0.25) is 11.2 Å². The van der Waals surface area contributed by atoms with Gasteiger partial charge in [0.25, 0.3) is 0 Å². The van der Waals surface area contributed by atoms with Crippen molar-refractivity contribution >= 4 is 16.9 Å². The first-order chi connectivity index (χ1) is 19.2. The van der Waals surface area contributed by atoms with Gasteiger partial charge in [-0.05, 0) is 68.1 Å². The maximum absolute atomic E-state index is 12.1. The highest BCUT2D eigenvalue weighted by molar-refractivity contribution is 5.87. The number of aliphatic hydroxyl groups is 2. The van der Waals surface area contributed by atoms with Crippen LogP contribution in [0.5, 0.6) is 11.5 Å². The number of carbonyl (C=O) groups is 1. The van der Waals surface area contributed by atoms with E-state index in [1.807, 2.05) is 0 Å². The molecule has 0 aliphatic carbocycles. The number of unbranched alkanes of at least 4 members (excludes halogenated alkanes) is 2. The molecule has 6 N–H and O–H groups in total. The summed E-state index contributed by atoms with van der Waals surface area (Å²) >= 11 is 0. The van der Waals surface area contributed by atoms with Gasteiger partial charge in [-0.15, -0.1) is 0 Å². The smallest absolute Gasteiger partial charge is 0.345 e. The van der Waals surface area contributed by atoms with Gasteiger partial charge in [0.05, 0.1) is 18.2 Å². The molecule has 1 heterocycles. The van der Waals surface area contributed by atoms with Crippen LogP contribution in [0.2, 0.25) is 0 Å². The summed E-state index contributed by atoms with van der Waals surface area (Å²) in [5, 5.41) is 45.6. The Morgan fingerprint density at radius 1 is 1.02 bits per heavy atom. The van der Waals surface area contributed by atoms with E-state index in [4.69, 9.17) is 4.74 Å². The lowest BCUT2D eigenvalue weighted by Gasteiger charge is -2.26. The zero-order valence-corrected chi connectivity index (χ0v) is 22.3. The Bertz CT molecular complexity index is 1530. The van der Waals surface area contributed by atoms with Gasteiger partial charge >= 0.3 is 5.97 Å². The van der Waals surface area contributed by atoms with Gasteiger partial charge in [-0.2, -0.15) is 0 Å². The van der Waals surface area contributed by atoms with Crippen LogP contribution >= 0.6 is 0 Å². The number of aromatic hydroxyl groups is 1. The zero-order valence-electron chi connectivity index (χ0n) is 22.3. The number of phenols is 1. The first-order valence-corrected chi connectivity index (χ1v) is 13.2. The lowest BCUT2D eigenvalue weighted by molar-refractivity contribution is -0.155. The molecule has 0 saturated heterocycles. The number of aromatic nitrogens is 1. The maximum atomic E-state index is 12.1. The molecule has 9 heteroatoms. The third kappa shape index (κ3) is 6.34. The average Bonchev–Trinajstić information content (AvgIpc) is 2.94.